The minimum absolute atomic E-state index is 0.856. The molecule has 0 fully saturated rings. The van der Waals surface area contributed by atoms with E-state index < -0.39 is 0 Å². The molecule has 0 saturated heterocycles. The Labute approximate surface area is 206 Å². The molecule has 0 atom stereocenters. The Morgan fingerprint density at radius 3 is 1.86 bits per heavy atom. The van der Waals surface area contributed by atoms with Crippen LogP contribution in [0.3, 0.4) is 0 Å². The van der Waals surface area contributed by atoms with Crippen LogP contribution in [0, 0.1) is 0 Å². The molecule has 0 radical (unpaired) electrons. The van der Waals surface area contributed by atoms with Crippen LogP contribution in [0.2, 0.25) is 0 Å². The summed E-state index contributed by atoms with van der Waals surface area (Å²) in [6, 6.07) is 42.9. The largest absolute Gasteiger partial charge is 0.456 e. The van der Waals surface area contributed by atoms with Gasteiger partial charge in [-0.1, -0.05) is 97.1 Å². The third kappa shape index (κ3) is 4.29. The van der Waals surface area contributed by atoms with Crippen molar-refractivity contribution in [1.29, 1.82) is 0 Å². The van der Waals surface area contributed by atoms with Gasteiger partial charge in [0.25, 0.3) is 0 Å². The fourth-order valence-electron chi connectivity index (χ4n) is 4.74. The summed E-state index contributed by atoms with van der Waals surface area (Å²) in [5.74, 6) is 0. The van der Waals surface area contributed by atoms with Crippen molar-refractivity contribution in [3.63, 3.8) is 0 Å². The molecular weight excluding hydrogens is 424 g/mol. The predicted octanol–water partition coefficient (Wildman–Crippen LogP) is 9.57. The van der Waals surface area contributed by atoms with Crippen molar-refractivity contribution in [3.8, 4) is 22.3 Å². The van der Waals surface area contributed by atoms with Crippen molar-refractivity contribution >= 4 is 27.5 Å². The van der Waals surface area contributed by atoms with Gasteiger partial charge in [-0.15, -0.1) is 0 Å². The van der Waals surface area contributed by atoms with Crippen LogP contribution in [0.4, 0.5) is 0 Å². The summed E-state index contributed by atoms with van der Waals surface area (Å²) in [6.45, 7) is 2.21. The third-order valence-corrected chi connectivity index (χ3v) is 6.69. The molecule has 0 aliphatic heterocycles. The predicted molar refractivity (Wildman–Crippen MR) is 148 cm³/mol. The van der Waals surface area contributed by atoms with Crippen molar-refractivity contribution in [3.05, 3.63) is 139 Å². The van der Waals surface area contributed by atoms with Crippen molar-refractivity contribution < 1.29 is 4.42 Å². The Morgan fingerprint density at radius 2 is 1.17 bits per heavy atom. The van der Waals surface area contributed by atoms with E-state index in [0.29, 0.717) is 0 Å². The second-order valence-corrected chi connectivity index (χ2v) is 9.05. The van der Waals surface area contributed by atoms with E-state index in [4.69, 9.17) is 4.42 Å². The van der Waals surface area contributed by atoms with E-state index in [1.165, 1.54) is 49.7 Å². The first-order valence-electron chi connectivity index (χ1n) is 12.1. The minimum Gasteiger partial charge on any atom is -0.456 e. The summed E-state index contributed by atoms with van der Waals surface area (Å²) in [7, 11) is 0. The van der Waals surface area contributed by atoms with Gasteiger partial charge in [-0.2, -0.15) is 0 Å². The molecule has 0 spiro atoms. The van der Waals surface area contributed by atoms with Crippen LogP contribution in [-0.4, -0.2) is 0 Å². The molecule has 6 rings (SSSR count). The van der Waals surface area contributed by atoms with Gasteiger partial charge in [0.1, 0.15) is 11.2 Å². The Bertz CT molecular complexity index is 1600. The smallest absolute Gasteiger partial charge is 0.135 e. The maximum absolute atomic E-state index is 6.09. The van der Waals surface area contributed by atoms with Crippen molar-refractivity contribution in [2.24, 2.45) is 0 Å². The summed E-state index contributed by atoms with van der Waals surface area (Å²) in [5, 5.41) is 2.35. The SMILES string of the molecule is C/C(=C\Cc1ccc2c(c1)oc1ccccc12)c1cc(-c2ccccc2)cc(-c2ccccc2)c1. The van der Waals surface area contributed by atoms with Crippen molar-refractivity contribution in [1.82, 2.24) is 0 Å². The number of rotatable bonds is 5. The molecule has 0 aliphatic carbocycles. The summed E-state index contributed by atoms with van der Waals surface area (Å²) in [4.78, 5) is 0. The Hall–Kier alpha value is -4.36. The zero-order chi connectivity index (χ0) is 23.6. The standard InChI is InChI=1S/C34H26O/c1-24(16-17-25-18-19-32-31-14-8-9-15-33(31)35-34(32)20-25)28-21-29(26-10-4-2-5-11-26)23-30(22-28)27-12-6-3-7-13-27/h2-16,18-23H,17H2,1H3/b24-16+. The first kappa shape index (κ1) is 21.2. The highest BCUT2D eigenvalue weighted by atomic mass is 16.3. The molecule has 168 valence electrons. The van der Waals surface area contributed by atoms with E-state index in [2.05, 4.69) is 122 Å². The Morgan fingerprint density at radius 1 is 0.571 bits per heavy atom. The summed E-state index contributed by atoms with van der Waals surface area (Å²) < 4.78 is 6.09. The molecular formula is C34H26O. The van der Waals surface area contributed by atoms with Crippen molar-refractivity contribution in [2.75, 3.05) is 0 Å². The number of fused-ring (bicyclic) bond motifs is 3. The van der Waals surface area contributed by atoms with E-state index in [9.17, 15) is 0 Å². The highest BCUT2D eigenvalue weighted by Crippen LogP contribution is 2.32. The van der Waals surface area contributed by atoms with Crippen LogP contribution in [-0.2, 0) is 6.42 Å². The molecule has 6 aromatic rings. The van der Waals surface area contributed by atoms with Gasteiger partial charge in [-0.25, -0.2) is 0 Å². The lowest BCUT2D eigenvalue weighted by atomic mass is 9.93. The second-order valence-electron chi connectivity index (χ2n) is 9.05. The molecule has 0 aliphatic rings. The maximum atomic E-state index is 6.09. The molecule has 1 heteroatoms. The number of para-hydroxylation sites is 1. The van der Waals surface area contributed by atoms with Gasteiger partial charge in [0.05, 0.1) is 0 Å². The van der Waals surface area contributed by atoms with Gasteiger partial charge in [0.2, 0.25) is 0 Å². The molecule has 0 amide bonds. The van der Waals surface area contributed by atoms with Crippen LogP contribution in [0.1, 0.15) is 18.1 Å². The quantitative estimate of drug-likeness (QED) is 0.255. The molecule has 5 aromatic carbocycles. The highest BCUT2D eigenvalue weighted by molar-refractivity contribution is 6.04. The molecule has 0 N–H and O–H groups in total. The van der Waals surface area contributed by atoms with Gasteiger partial charge in [-0.3, -0.25) is 0 Å². The Kier molecular flexibility index (Phi) is 5.52. The molecule has 1 aromatic heterocycles. The zero-order valence-corrected chi connectivity index (χ0v) is 19.7. The lowest BCUT2D eigenvalue weighted by molar-refractivity contribution is 0.668. The third-order valence-electron chi connectivity index (χ3n) is 6.69. The number of benzene rings is 5. The van der Waals surface area contributed by atoms with Gasteiger partial charge in [-0.05, 0) is 82.6 Å². The van der Waals surface area contributed by atoms with Crippen LogP contribution < -0.4 is 0 Å². The molecule has 1 heterocycles. The summed E-state index contributed by atoms with van der Waals surface area (Å²) in [6.07, 6.45) is 3.18. The normalized spacial score (nSPS) is 11.9. The maximum Gasteiger partial charge on any atom is 0.135 e. The molecule has 0 unspecified atom stereocenters. The minimum atomic E-state index is 0.856. The number of hydrogen-bond acceptors (Lipinski definition) is 1. The van der Waals surface area contributed by atoms with Gasteiger partial charge in [0, 0.05) is 10.8 Å². The second kappa shape index (κ2) is 9.12. The molecule has 35 heavy (non-hydrogen) atoms. The molecule has 1 nitrogen and oxygen atoms in total. The lowest BCUT2D eigenvalue weighted by Gasteiger charge is -2.12. The monoisotopic (exact) mass is 450 g/mol. The van der Waals surface area contributed by atoms with Gasteiger partial charge >= 0.3 is 0 Å². The van der Waals surface area contributed by atoms with Crippen LogP contribution in [0.15, 0.2) is 132 Å². The molecule has 0 saturated carbocycles. The van der Waals surface area contributed by atoms with E-state index in [1.54, 1.807) is 0 Å². The first-order valence-corrected chi connectivity index (χ1v) is 12.1. The number of furan rings is 1. The van der Waals surface area contributed by atoms with E-state index in [-0.39, 0.29) is 0 Å². The molecule has 0 bridgehead atoms. The van der Waals surface area contributed by atoms with E-state index in [0.717, 1.165) is 17.6 Å². The lowest BCUT2D eigenvalue weighted by Crippen LogP contribution is -1.89. The fourth-order valence-corrected chi connectivity index (χ4v) is 4.74. The average Bonchev–Trinajstić information content (AvgIpc) is 3.30. The number of hydrogen-bond donors (Lipinski definition) is 0. The van der Waals surface area contributed by atoms with E-state index in [1.807, 2.05) is 12.1 Å². The van der Waals surface area contributed by atoms with Gasteiger partial charge in [0.15, 0.2) is 0 Å². The zero-order valence-electron chi connectivity index (χ0n) is 19.7. The van der Waals surface area contributed by atoms with Crippen LogP contribution in [0.5, 0.6) is 0 Å². The van der Waals surface area contributed by atoms with Crippen LogP contribution >= 0.6 is 0 Å². The fraction of sp³-hybridized carbons (Fsp3) is 0.0588. The van der Waals surface area contributed by atoms with E-state index >= 15 is 0 Å². The summed E-state index contributed by atoms with van der Waals surface area (Å²) >= 11 is 0. The number of allylic oxidation sites excluding steroid dienone is 2. The topological polar surface area (TPSA) is 13.1 Å². The average molecular weight is 451 g/mol. The first-order chi connectivity index (χ1) is 17.2. The van der Waals surface area contributed by atoms with Crippen LogP contribution in [0.25, 0.3) is 49.8 Å². The highest BCUT2D eigenvalue weighted by Gasteiger charge is 2.09. The van der Waals surface area contributed by atoms with Crippen molar-refractivity contribution in [2.45, 2.75) is 13.3 Å². The summed E-state index contributed by atoms with van der Waals surface area (Å²) in [5.41, 5.74) is 10.6. The Balaban J connectivity index is 1.36. The van der Waals surface area contributed by atoms with Gasteiger partial charge < -0.3 is 4.42 Å².